The number of methoxy groups -OCH3 is 1. The molecule has 0 saturated heterocycles. The van der Waals surface area contributed by atoms with Crippen molar-refractivity contribution >= 4 is 23.2 Å². The number of amides is 2. The van der Waals surface area contributed by atoms with Crippen molar-refractivity contribution < 1.29 is 14.3 Å². The number of hydrogen-bond donors (Lipinski definition) is 0. The van der Waals surface area contributed by atoms with Crippen molar-refractivity contribution in [3.63, 3.8) is 0 Å². The number of nitrogens with zero attached hydrogens (tertiary/aromatic N) is 2. The summed E-state index contributed by atoms with van der Waals surface area (Å²) in [6.07, 6.45) is 0. The predicted octanol–water partition coefficient (Wildman–Crippen LogP) is 3.67. The lowest BCUT2D eigenvalue weighted by Gasteiger charge is -2.22. The Morgan fingerprint density at radius 1 is 1.12 bits per heavy atom. The first-order valence-corrected chi connectivity index (χ1v) is 9.50. The number of rotatable bonds is 7. The van der Waals surface area contributed by atoms with Crippen LogP contribution >= 0.6 is 11.3 Å². The third-order valence-electron chi connectivity index (χ3n) is 4.36. The van der Waals surface area contributed by atoms with Crippen LogP contribution in [0.3, 0.4) is 0 Å². The Morgan fingerprint density at radius 2 is 1.73 bits per heavy atom. The summed E-state index contributed by atoms with van der Waals surface area (Å²) in [6.45, 7) is 7.27. The van der Waals surface area contributed by atoms with Crippen molar-refractivity contribution in [3.8, 4) is 16.9 Å². The average Bonchev–Trinajstić information content (AvgIpc) is 3.03. The van der Waals surface area contributed by atoms with Gasteiger partial charge in [-0.1, -0.05) is 12.1 Å². The highest BCUT2D eigenvalue weighted by Crippen LogP contribution is 2.32. The van der Waals surface area contributed by atoms with E-state index in [0.29, 0.717) is 18.0 Å². The van der Waals surface area contributed by atoms with Crippen molar-refractivity contribution in [1.82, 2.24) is 9.80 Å². The van der Waals surface area contributed by atoms with E-state index in [1.54, 1.807) is 19.1 Å². The van der Waals surface area contributed by atoms with Crippen LogP contribution in [0.25, 0.3) is 11.1 Å². The van der Waals surface area contributed by atoms with Crippen molar-refractivity contribution in [3.05, 3.63) is 40.1 Å². The molecule has 1 heterocycles. The number of ether oxygens (including phenoxy) is 1. The molecule has 0 aliphatic rings. The smallest absolute Gasteiger partial charge is 0.264 e. The molecule has 0 unspecified atom stereocenters. The minimum atomic E-state index is -0.127. The molecule has 1 aromatic heterocycles. The van der Waals surface area contributed by atoms with Crippen molar-refractivity contribution in [2.75, 3.05) is 33.8 Å². The van der Waals surface area contributed by atoms with Crippen LogP contribution < -0.4 is 4.74 Å². The molecule has 0 fully saturated rings. The van der Waals surface area contributed by atoms with Crippen LogP contribution in [0.15, 0.2) is 30.3 Å². The SMILES string of the molecule is CCN(CC)C(=O)CN(C)C(=O)c1cc(-c2ccc(OC)cc2)c(C)s1. The van der Waals surface area contributed by atoms with Gasteiger partial charge in [-0.05, 0) is 50.1 Å². The highest BCUT2D eigenvalue weighted by Gasteiger charge is 2.20. The Morgan fingerprint density at radius 3 is 2.27 bits per heavy atom. The molecule has 0 atom stereocenters. The van der Waals surface area contributed by atoms with Gasteiger partial charge in [0.25, 0.3) is 5.91 Å². The number of aryl methyl sites for hydroxylation is 1. The minimum Gasteiger partial charge on any atom is -0.497 e. The summed E-state index contributed by atoms with van der Waals surface area (Å²) in [5, 5.41) is 0. The van der Waals surface area contributed by atoms with E-state index in [4.69, 9.17) is 4.74 Å². The van der Waals surface area contributed by atoms with Gasteiger partial charge in [-0.3, -0.25) is 9.59 Å². The van der Waals surface area contributed by atoms with Gasteiger partial charge in [-0.25, -0.2) is 0 Å². The monoisotopic (exact) mass is 374 g/mol. The van der Waals surface area contributed by atoms with E-state index in [9.17, 15) is 9.59 Å². The van der Waals surface area contributed by atoms with Crippen molar-refractivity contribution in [2.24, 2.45) is 0 Å². The third kappa shape index (κ3) is 4.43. The van der Waals surface area contributed by atoms with E-state index >= 15 is 0 Å². The molecule has 0 aliphatic carbocycles. The van der Waals surface area contributed by atoms with Crippen LogP contribution in [0.1, 0.15) is 28.4 Å². The maximum atomic E-state index is 12.7. The first-order chi connectivity index (χ1) is 12.4. The zero-order valence-electron chi connectivity index (χ0n) is 16.0. The van der Waals surface area contributed by atoms with E-state index in [1.807, 2.05) is 51.1 Å². The molecule has 0 spiro atoms. The molecule has 26 heavy (non-hydrogen) atoms. The summed E-state index contributed by atoms with van der Waals surface area (Å²) >= 11 is 1.46. The van der Waals surface area contributed by atoms with Gasteiger partial charge in [0.15, 0.2) is 0 Å². The summed E-state index contributed by atoms with van der Waals surface area (Å²) in [5.41, 5.74) is 2.07. The van der Waals surface area contributed by atoms with Gasteiger partial charge in [0.2, 0.25) is 5.91 Å². The summed E-state index contributed by atoms with van der Waals surface area (Å²) in [7, 11) is 3.31. The summed E-state index contributed by atoms with van der Waals surface area (Å²) in [4.78, 5) is 29.9. The lowest BCUT2D eigenvalue weighted by molar-refractivity contribution is -0.131. The highest BCUT2D eigenvalue weighted by molar-refractivity contribution is 7.14. The van der Waals surface area contributed by atoms with Gasteiger partial charge in [0.05, 0.1) is 18.5 Å². The van der Waals surface area contributed by atoms with Gasteiger partial charge >= 0.3 is 0 Å². The van der Waals surface area contributed by atoms with Gasteiger partial charge < -0.3 is 14.5 Å². The lowest BCUT2D eigenvalue weighted by atomic mass is 10.1. The quantitative estimate of drug-likeness (QED) is 0.743. The Kier molecular flexibility index (Phi) is 6.80. The van der Waals surface area contributed by atoms with Crippen molar-refractivity contribution in [1.29, 1.82) is 0 Å². The number of likely N-dealkylation sites (N-methyl/N-ethyl adjacent to an activating group) is 2. The summed E-state index contributed by atoms with van der Waals surface area (Å²) in [6, 6.07) is 9.68. The second-order valence-electron chi connectivity index (χ2n) is 6.04. The fourth-order valence-electron chi connectivity index (χ4n) is 2.78. The fourth-order valence-corrected chi connectivity index (χ4v) is 3.82. The molecule has 0 N–H and O–H groups in total. The molecular weight excluding hydrogens is 348 g/mol. The van der Waals surface area contributed by atoms with E-state index in [-0.39, 0.29) is 18.4 Å². The van der Waals surface area contributed by atoms with Gasteiger partial charge in [0, 0.05) is 25.0 Å². The summed E-state index contributed by atoms with van der Waals surface area (Å²) in [5.74, 6) is 0.639. The second kappa shape index (κ2) is 8.85. The van der Waals surface area contributed by atoms with Crippen LogP contribution in [0, 0.1) is 6.92 Å². The summed E-state index contributed by atoms with van der Waals surface area (Å²) < 4.78 is 5.19. The van der Waals surface area contributed by atoms with Crippen LogP contribution in [-0.4, -0.2) is 55.4 Å². The van der Waals surface area contributed by atoms with Crippen LogP contribution in [0.2, 0.25) is 0 Å². The molecule has 0 bridgehead atoms. The van der Waals surface area contributed by atoms with E-state index in [0.717, 1.165) is 21.8 Å². The predicted molar refractivity (Wildman–Crippen MR) is 106 cm³/mol. The molecule has 140 valence electrons. The molecule has 2 amide bonds. The lowest BCUT2D eigenvalue weighted by Crippen LogP contribution is -2.40. The number of benzene rings is 1. The van der Waals surface area contributed by atoms with Crippen LogP contribution in [0.5, 0.6) is 5.75 Å². The standard InChI is InChI=1S/C20H26N2O3S/c1-6-22(7-2)19(23)13-21(4)20(24)18-12-17(14(3)26-18)15-8-10-16(25-5)11-9-15/h8-12H,6-7,13H2,1-5H3. The molecule has 2 rings (SSSR count). The van der Waals surface area contributed by atoms with Gasteiger partial charge in [-0.2, -0.15) is 0 Å². The normalized spacial score (nSPS) is 10.5. The highest BCUT2D eigenvalue weighted by atomic mass is 32.1. The maximum Gasteiger partial charge on any atom is 0.264 e. The average molecular weight is 375 g/mol. The van der Waals surface area contributed by atoms with Crippen LogP contribution in [-0.2, 0) is 4.79 Å². The first kappa shape index (κ1) is 20.0. The molecule has 5 nitrogen and oxygen atoms in total. The number of thiophene rings is 1. The largest absolute Gasteiger partial charge is 0.497 e. The zero-order chi connectivity index (χ0) is 19.3. The molecular formula is C20H26N2O3S. The Labute approximate surface area is 159 Å². The topological polar surface area (TPSA) is 49.9 Å². The molecule has 2 aromatic rings. The Bertz CT molecular complexity index is 764. The zero-order valence-corrected chi connectivity index (χ0v) is 16.9. The first-order valence-electron chi connectivity index (χ1n) is 8.69. The molecule has 0 saturated carbocycles. The minimum absolute atomic E-state index is 0.0329. The fraction of sp³-hybridized carbons (Fsp3) is 0.400. The molecule has 0 aliphatic heterocycles. The molecule has 1 aromatic carbocycles. The van der Waals surface area contributed by atoms with Crippen molar-refractivity contribution in [2.45, 2.75) is 20.8 Å². The van der Waals surface area contributed by atoms with Crippen LogP contribution in [0.4, 0.5) is 0 Å². The van der Waals surface area contributed by atoms with E-state index in [1.165, 1.54) is 16.2 Å². The Balaban J connectivity index is 2.16. The number of carbonyl (C=O) groups excluding carboxylic acids is 2. The Hall–Kier alpha value is -2.34. The number of hydrogen-bond acceptors (Lipinski definition) is 4. The van der Waals surface area contributed by atoms with E-state index < -0.39 is 0 Å². The van der Waals surface area contributed by atoms with Gasteiger partial charge in [0.1, 0.15) is 5.75 Å². The molecule has 6 heteroatoms. The number of carbonyl (C=O) groups is 2. The second-order valence-corrected chi connectivity index (χ2v) is 7.29. The maximum absolute atomic E-state index is 12.7. The molecule has 0 radical (unpaired) electrons. The third-order valence-corrected chi connectivity index (χ3v) is 5.40. The van der Waals surface area contributed by atoms with Gasteiger partial charge in [-0.15, -0.1) is 11.3 Å². The van der Waals surface area contributed by atoms with E-state index in [2.05, 4.69) is 0 Å².